The van der Waals surface area contributed by atoms with E-state index in [2.05, 4.69) is 5.32 Å². The molecule has 106 valence electrons. The number of hydrogen-bond donors (Lipinski definition) is 1. The summed E-state index contributed by atoms with van der Waals surface area (Å²) in [5.41, 5.74) is 1.07. The second-order valence-corrected chi connectivity index (χ2v) is 4.96. The lowest BCUT2D eigenvalue weighted by atomic mass is 10.2. The van der Waals surface area contributed by atoms with Crippen LogP contribution >= 0.6 is 11.6 Å². The van der Waals surface area contributed by atoms with Gasteiger partial charge in [-0.15, -0.1) is 0 Å². The first kappa shape index (κ1) is 14.6. The van der Waals surface area contributed by atoms with E-state index in [-0.39, 0.29) is 6.10 Å². The van der Waals surface area contributed by atoms with Gasteiger partial charge >= 0.3 is 0 Å². The largest absolute Gasteiger partial charge is 0.488 e. The lowest BCUT2D eigenvalue weighted by Gasteiger charge is -2.16. The van der Waals surface area contributed by atoms with Crippen molar-refractivity contribution in [2.45, 2.75) is 19.1 Å². The van der Waals surface area contributed by atoms with Crippen LogP contribution in [0.1, 0.15) is 12.0 Å². The van der Waals surface area contributed by atoms with Crippen LogP contribution in [-0.4, -0.2) is 39.6 Å². The van der Waals surface area contributed by atoms with E-state index in [4.69, 9.17) is 25.8 Å². The van der Waals surface area contributed by atoms with Gasteiger partial charge in [0.25, 0.3) is 0 Å². The van der Waals surface area contributed by atoms with Gasteiger partial charge in [-0.05, 0) is 18.2 Å². The van der Waals surface area contributed by atoms with Crippen LogP contribution in [0.25, 0.3) is 0 Å². The summed E-state index contributed by atoms with van der Waals surface area (Å²) in [7, 11) is 1.69. The van der Waals surface area contributed by atoms with Crippen LogP contribution in [-0.2, 0) is 16.0 Å². The summed E-state index contributed by atoms with van der Waals surface area (Å²) in [6, 6.07) is 5.71. The summed E-state index contributed by atoms with van der Waals surface area (Å²) in [6.45, 7) is 3.65. The average molecular weight is 286 g/mol. The maximum atomic E-state index is 6.04. The van der Waals surface area contributed by atoms with Gasteiger partial charge in [0.05, 0.1) is 19.8 Å². The predicted octanol–water partition coefficient (Wildman–Crippen LogP) is 2.24. The van der Waals surface area contributed by atoms with Crippen molar-refractivity contribution in [3.05, 3.63) is 28.8 Å². The maximum absolute atomic E-state index is 6.04. The third-order valence-corrected chi connectivity index (χ3v) is 3.24. The van der Waals surface area contributed by atoms with E-state index in [1.807, 2.05) is 18.2 Å². The summed E-state index contributed by atoms with van der Waals surface area (Å²) in [5.74, 6) is 0.879. The fraction of sp³-hybridized carbons (Fsp3) is 0.571. The molecule has 0 aromatic heterocycles. The van der Waals surface area contributed by atoms with Crippen molar-refractivity contribution in [3.8, 4) is 5.75 Å². The van der Waals surface area contributed by atoms with Gasteiger partial charge in [-0.25, -0.2) is 0 Å². The van der Waals surface area contributed by atoms with Crippen LogP contribution in [0.4, 0.5) is 0 Å². The molecular weight excluding hydrogens is 266 g/mol. The minimum Gasteiger partial charge on any atom is -0.488 e. The van der Waals surface area contributed by atoms with Gasteiger partial charge in [-0.1, -0.05) is 11.6 Å². The molecule has 1 aliphatic heterocycles. The Balaban J connectivity index is 1.95. The zero-order chi connectivity index (χ0) is 13.5. The molecule has 1 unspecified atom stereocenters. The molecule has 0 amide bonds. The summed E-state index contributed by atoms with van der Waals surface area (Å²) in [4.78, 5) is 0. The van der Waals surface area contributed by atoms with Crippen molar-refractivity contribution in [2.75, 3.05) is 33.5 Å². The number of hydrogen-bond acceptors (Lipinski definition) is 4. The highest BCUT2D eigenvalue weighted by molar-refractivity contribution is 6.30. The Morgan fingerprint density at radius 1 is 1.47 bits per heavy atom. The Morgan fingerprint density at radius 3 is 3.11 bits per heavy atom. The Labute approximate surface area is 119 Å². The first-order chi connectivity index (χ1) is 9.29. The second kappa shape index (κ2) is 7.70. The fourth-order valence-corrected chi connectivity index (χ4v) is 2.18. The molecule has 0 radical (unpaired) electrons. The van der Waals surface area contributed by atoms with Crippen LogP contribution in [0.5, 0.6) is 5.75 Å². The minimum absolute atomic E-state index is 0.152. The quantitative estimate of drug-likeness (QED) is 0.780. The molecule has 0 aliphatic carbocycles. The number of methoxy groups -OCH3 is 1. The lowest BCUT2D eigenvalue weighted by molar-refractivity contribution is 0.140. The van der Waals surface area contributed by atoms with Crippen molar-refractivity contribution in [2.24, 2.45) is 0 Å². The summed E-state index contributed by atoms with van der Waals surface area (Å²) in [5, 5.41) is 4.02. The van der Waals surface area contributed by atoms with E-state index in [0.717, 1.165) is 35.9 Å². The number of ether oxygens (including phenoxy) is 3. The fourth-order valence-electron chi connectivity index (χ4n) is 1.98. The molecule has 1 atom stereocenters. The van der Waals surface area contributed by atoms with E-state index < -0.39 is 0 Å². The van der Waals surface area contributed by atoms with Crippen LogP contribution in [0, 0.1) is 0 Å². The minimum atomic E-state index is 0.152. The van der Waals surface area contributed by atoms with Crippen molar-refractivity contribution in [3.63, 3.8) is 0 Å². The van der Waals surface area contributed by atoms with Crippen molar-refractivity contribution in [1.82, 2.24) is 5.32 Å². The van der Waals surface area contributed by atoms with Crippen LogP contribution in [0.15, 0.2) is 18.2 Å². The number of rotatable bonds is 7. The predicted molar refractivity (Wildman–Crippen MR) is 74.9 cm³/mol. The molecule has 0 spiro atoms. The van der Waals surface area contributed by atoms with Crippen molar-refractivity contribution >= 4 is 11.6 Å². The van der Waals surface area contributed by atoms with Crippen LogP contribution in [0.3, 0.4) is 0 Å². The lowest BCUT2D eigenvalue weighted by Crippen LogP contribution is -2.21. The highest BCUT2D eigenvalue weighted by Crippen LogP contribution is 2.25. The van der Waals surface area contributed by atoms with E-state index in [1.165, 1.54) is 0 Å². The van der Waals surface area contributed by atoms with Gasteiger partial charge < -0.3 is 19.5 Å². The SMILES string of the molecule is COCCNCc1cc(Cl)ccc1OC1CCOC1. The Morgan fingerprint density at radius 2 is 2.37 bits per heavy atom. The number of halogens is 1. The molecule has 5 heteroatoms. The molecule has 19 heavy (non-hydrogen) atoms. The molecule has 1 aromatic carbocycles. The molecule has 0 saturated carbocycles. The summed E-state index contributed by atoms with van der Waals surface area (Å²) >= 11 is 6.04. The molecule has 0 bridgehead atoms. The van der Waals surface area contributed by atoms with Gasteiger partial charge in [-0.3, -0.25) is 0 Å². The van der Waals surface area contributed by atoms with Gasteiger partial charge in [0.15, 0.2) is 0 Å². The number of nitrogens with one attached hydrogen (secondary N) is 1. The summed E-state index contributed by atoms with van der Waals surface area (Å²) in [6.07, 6.45) is 1.10. The standard InChI is InChI=1S/C14H20ClNO3/c1-17-7-5-16-9-11-8-12(15)2-3-14(11)19-13-4-6-18-10-13/h2-3,8,13,16H,4-7,9-10H2,1H3. The molecule has 4 nitrogen and oxygen atoms in total. The molecule has 1 fully saturated rings. The van der Waals surface area contributed by atoms with Crippen LogP contribution in [0.2, 0.25) is 5.02 Å². The monoisotopic (exact) mass is 285 g/mol. The van der Waals surface area contributed by atoms with E-state index in [0.29, 0.717) is 19.8 Å². The molecule has 1 N–H and O–H groups in total. The third-order valence-electron chi connectivity index (χ3n) is 3.00. The van der Waals surface area contributed by atoms with Crippen molar-refractivity contribution < 1.29 is 14.2 Å². The Bertz CT molecular complexity index is 394. The van der Waals surface area contributed by atoms with Gasteiger partial charge in [0.1, 0.15) is 11.9 Å². The molecule has 1 saturated heterocycles. The molecular formula is C14H20ClNO3. The second-order valence-electron chi connectivity index (χ2n) is 4.53. The summed E-state index contributed by atoms with van der Waals surface area (Å²) < 4.78 is 16.3. The van der Waals surface area contributed by atoms with Gasteiger partial charge in [0, 0.05) is 37.2 Å². The van der Waals surface area contributed by atoms with Crippen molar-refractivity contribution in [1.29, 1.82) is 0 Å². The molecule has 1 aliphatic rings. The molecule has 2 rings (SSSR count). The van der Waals surface area contributed by atoms with Crippen LogP contribution < -0.4 is 10.1 Å². The third kappa shape index (κ3) is 4.66. The molecule has 1 aromatic rings. The highest BCUT2D eigenvalue weighted by Gasteiger charge is 2.18. The Hall–Kier alpha value is -0.810. The Kier molecular flexibility index (Phi) is 5.92. The first-order valence-corrected chi connectivity index (χ1v) is 6.90. The average Bonchev–Trinajstić information content (AvgIpc) is 2.90. The maximum Gasteiger partial charge on any atom is 0.124 e. The normalized spacial score (nSPS) is 18.7. The van der Waals surface area contributed by atoms with E-state index >= 15 is 0 Å². The van der Waals surface area contributed by atoms with E-state index in [1.54, 1.807) is 7.11 Å². The highest BCUT2D eigenvalue weighted by atomic mass is 35.5. The first-order valence-electron chi connectivity index (χ1n) is 6.52. The van der Waals surface area contributed by atoms with Gasteiger partial charge in [0.2, 0.25) is 0 Å². The molecule has 1 heterocycles. The zero-order valence-electron chi connectivity index (χ0n) is 11.2. The number of benzene rings is 1. The van der Waals surface area contributed by atoms with E-state index in [9.17, 15) is 0 Å². The topological polar surface area (TPSA) is 39.7 Å². The zero-order valence-corrected chi connectivity index (χ0v) is 11.9. The smallest absolute Gasteiger partial charge is 0.124 e. The van der Waals surface area contributed by atoms with Gasteiger partial charge in [-0.2, -0.15) is 0 Å².